The molecule has 0 radical (unpaired) electrons. The molecule has 0 bridgehead atoms. The third-order valence-corrected chi connectivity index (χ3v) is 3.56. The van der Waals surface area contributed by atoms with E-state index in [1.54, 1.807) is 13.4 Å². The largest absolute Gasteiger partial charge is 0.496 e. The first-order chi connectivity index (χ1) is 9.69. The Morgan fingerprint density at radius 3 is 2.85 bits per heavy atom. The third-order valence-electron chi connectivity index (χ3n) is 3.56. The molecule has 2 aromatic rings. The number of benzene rings is 1. The molecule has 0 spiro atoms. The molecule has 0 aliphatic heterocycles. The second kappa shape index (κ2) is 6.52. The molecule has 0 saturated carbocycles. The lowest BCUT2D eigenvalue weighted by Crippen LogP contribution is -2.21. The Morgan fingerprint density at radius 1 is 1.40 bits per heavy atom. The summed E-state index contributed by atoms with van der Waals surface area (Å²) in [5.74, 6) is 1.91. The maximum Gasteiger partial charge on any atom is 0.138 e. The number of ether oxygens (including phenoxy) is 1. The monoisotopic (exact) mass is 274 g/mol. The number of nitrogens with one attached hydrogen (secondary N) is 1. The van der Waals surface area contributed by atoms with Crippen molar-refractivity contribution >= 4 is 0 Å². The fraction of sp³-hybridized carbons (Fsp3) is 0.467. The van der Waals surface area contributed by atoms with Crippen LogP contribution in [-0.4, -0.2) is 28.9 Å². The summed E-state index contributed by atoms with van der Waals surface area (Å²) in [5.41, 5.74) is 2.34. The maximum absolute atomic E-state index is 5.40. The Balaban J connectivity index is 2.24. The normalized spacial score (nSPS) is 12.4. The highest BCUT2D eigenvalue weighted by molar-refractivity contribution is 5.38. The van der Waals surface area contributed by atoms with E-state index in [2.05, 4.69) is 40.5 Å². The number of rotatable bonds is 6. The van der Waals surface area contributed by atoms with Crippen molar-refractivity contribution < 1.29 is 4.74 Å². The predicted octanol–water partition coefficient (Wildman–Crippen LogP) is 2.12. The summed E-state index contributed by atoms with van der Waals surface area (Å²) in [6.07, 6.45) is 2.41. The van der Waals surface area contributed by atoms with Crippen LogP contribution in [0.3, 0.4) is 0 Å². The average molecular weight is 274 g/mol. The van der Waals surface area contributed by atoms with Crippen LogP contribution in [0.5, 0.6) is 5.75 Å². The highest BCUT2D eigenvalue weighted by Gasteiger charge is 2.15. The highest BCUT2D eigenvalue weighted by atomic mass is 16.5. The smallest absolute Gasteiger partial charge is 0.138 e. The SMILES string of the molecule is CCn1ncnc1CC(NC)c1ccc(C)c(OC)c1. The first-order valence-electron chi connectivity index (χ1n) is 6.88. The Hall–Kier alpha value is -1.88. The van der Waals surface area contributed by atoms with Gasteiger partial charge in [0.15, 0.2) is 0 Å². The summed E-state index contributed by atoms with van der Waals surface area (Å²) in [4.78, 5) is 4.34. The minimum Gasteiger partial charge on any atom is -0.496 e. The second-order valence-electron chi connectivity index (χ2n) is 4.77. The molecule has 1 N–H and O–H groups in total. The summed E-state index contributed by atoms with van der Waals surface area (Å²) in [5, 5.41) is 7.56. The van der Waals surface area contributed by atoms with Gasteiger partial charge in [-0.3, -0.25) is 4.68 Å². The van der Waals surface area contributed by atoms with Crippen molar-refractivity contribution in [3.05, 3.63) is 41.5 Å². The van der Waals surface area contributed by atoms with E-state index in [4.69, 9.17) is 4.74 Å². The van der Waals surface area contributed by atoms with Crippen molar-refractivity contribution in [2.75, 3.05) is 14.2 Å². The minimum absolute atomic E-state index is 0.194. The lowest BCUT2D eigenvalue weighted by Gasteiger charge is -2.18. The molecule has 1 atom stereocenters. The van der Waals surface area contributed by atoms with Crippen LogP contribution in [0.15, 0.2) is 24.5 Å². The number of hydrogen-bond donors (Lipinski definition) is 1. The van der Waals surface area contributed by atoms with E-state index < -0.39 is 0 Å². The van der Waals surface area contributed by atoms with Crippen LogP contribution >= 0.6 is 0 Å². The Morgan fingerprint density at radius 2 is 2.20 bits per heavy atom. The van der Waals surface area contributed by atoms with Crippen molar-refractivity contribution in [2.24, 2.45) is 0 Å². The van der Waals surface area contributed by atoms with Gasteiger partial charge in [-0.25, -0.2) is 4.98 Å². The van der Waals surface area contributed by atoms with E-state index in [0.717, 1.165) is 30.1 Å². The summed E-state index contributed by atoms with van der Waals surface area (Å²) in [6, 6.07) is 6.50. The van der Waals surface area contributed by atoms with Crippen molar-refractivity contribution in [2.45, 2.75) is 32.9 Å². The molecule has 0 aliphatic rings. The quantitative estimate of drug-likeness (QED) is 0.876. The molecule has 5 nitrogen and oxygen atoms in total. The van der Waals surface area contributed by atoms with Gasteiger partial charge in [0, 0.05) is 19.0 Å². The van der Waals surface area contributed by atoms with Crippen LogP contribution < -0.4 is 10.1 Å². The van der Waals surface area contributed by atoms with Gasteiger partial charge in [-0.2, -0.15) is 5.10 Å². The Labute approximate surface area is 120 Å². The molecule has 1 unspecified atom stereocenters. The molecular formula is C15H22N4O. The van der Waals surface area contributed by atoms with Crippen molar-refractivity contribution in [1.82, 2.24) is 20.1 Å². The van der Waals surface area contributed by atoms with Crippen molar-refractivity contribution in [3.63, 3.8) is 0 Å². The topological polar surface area (TPSA) is 52.0 Å². The van der Waals surface area contributed by atoms with Gasteiger partial charge in [0.05, 0.1) is 7.11 Å². The molecule has 2 rings (SSSR count). The van der Waals surface area contributed by atoms with Gasteiger partial charge in [-0.15, -0.1) is 0 Å². The number of likely N-dealkylation sites (N-methyl/N-ethyl adjacent to an activating group) is 1. The molecule has 0 saturated heterocycles. The van der Waals surface area contributed by atoms with Gasteiger partial charge in [0.1, 0.15) is 17.9 Å². The Kier molecular flexibility index (Phi) is 4.74. The standard InChI is InChI=1S/C15H22N4O/c1-5-19-15(17-10-18-19)9-13(16-3)12-7-6-11(2)14(8-12)20-4/h6-8,10,13,16H,5,9H2,1-4H3. The van der Waals surface area contributed by atoms with E-state index in [1.165, 1.54) is 5.56 Å². The highest BCUT2D eigenvalue weighted by Crippen LogP contribution is 2.24. The summed E-state index contributed by atoms with van der Waals surface area (Å²) in [6.45, 7) is 4.95. The molecule has 108 valence electrons. The third kappa shape index (κ3) is 2.99. The van der Waals surface area contributed by atoms with Gasteiger partial charge in [-0.05, 0) is 38.1 Å². The number of nitrogens with zero attached hydrogens (tertiary/aromatic N) is 3. The molecule has 5 heteroatoms. The maximum atomic E-state index is 5.40. The molecule has 20 heavy (non-hydrogen) atoms. The van der Waals surface area contributed by atoms with Crippen LogP contribution in [0.2, 0.25) is 0 Å². The number of aromatic nitrogens is 3. The molecule has 0 aliphatic carbocycles. The zero-order valence-electron chi connectivity index (χ0n) is 12.6. The second-order valence-corrected chi connectivity index (χ2v) is 4.77. The fourth-order valence-electron chi connectivity index (χ4n) is 2.33. The zero-order valence-corrected chi connectivity index (χ0v) is 12.6. The zero-order chi connectivity index (χ0) is 14.5. The number of methoxy groups -OCH3 is 1. The van der Waals surface area contributed by atoms with Gasteiger partial charge in [-0.1, -0.05) is 12.1 Å². The molecule has 0 fully saturated rings. The average Bonchev–Trinajstić information content (AvgIpc) is 2.92. The van der Waals surface area contributed by atoms with Crippen molar-refractivity contribution in [1.29, 1.82) is 0 Å². The van der Waals surface area contributed by atoms with Crippen LogP contribution in [0.4, 0.5) is 0 Å². The fourth-order valence-corrected chi connectivity index (χ4v) is 2.33. The van der Waals surface area contributed by atoms with E-state index in [0.29, 0.717) is 0 Å². The molecule has 0 amide bonds. The van der Waals surface area contributed by atoms with Crippen LogP contribution in [0, 0.1) is 6.92 Å². The minimum atomic E-state index is 0.194. The Bertz CT molecular complexity index is 565. The van der Waals surface area contributed by atoms with Gasteiger partial charge >= 0.3 is 0 Å². The first-order valence-corrected chi connectivity index (χ1v) is 6.88. The van der Waals surface area contributed by atoms with Crippen LogP contribution in [0.1, 0.15) is 29.9 Å². The van der Waals surface area contributed by atoms with Crippen molar-refractivity contribution in [3.8, 4) is 5.75 Å². The van der Waals surface area contributed by atoms with E-state index in [9.17, 15) is 0 Å². The number of hydrogen-bond acceptors (Lipinski definition) is 4. The lowest BCUT2D eigenvalue weighted by molar-refractivity contribution is 0.410. The molecular weight excluding hydrogens is 252 g/mol. The molecule has 1 heterocycles. The van der Waals surface area contributed by atoms with E-state index in [-0.39, 0.29) is 6.04 Å². The lowest BCUT2D eigenvalue weighted by atomic mass is 10.0. The summed E-state index contributed by atoms with van der Waals surface area (Å²) < 4.78 is 7.33. The predicted molar refractivity (Wildman–Crippen MR) is 78.9 cm³/mol. The summed E-state index contributed by atoms with van der Waals surface area (Å²) >= 11 is 0. The first kappa shape index (κ1) is 14.5. The molecule has 1 aromatic carbocycles. The van der Waals surface area contributed by atoms with E-state index in [1.807, 2.05) is 18.7 Å². The van der Waals surface area contributed by atoms with Crippen LogP contribution in [0.25, 0.3) is 0 Å². The van der Waals surface area contributed by atoms with E-state index >= 15 is 0 Å². The number of aryl methyl sites for hydroxylation is 2. The van der Waals surface area contributed by atoms with Gasteiger partial charge in [0.25, 0.3) is 0 Å². The summed E-state index contributed by atoms with van der Waals surface area (Å²) in [7, 11) is 3.66. The van der Waals surface area contributed by atoms with Gasteiger partial charge in [0.2, 0.25) is 0 Å². The van der Waals surface area contributed by atoms with Gasteiger partial charge < -0.3 is 10.1 Å². The molecule has 1 aromatic heterocycles. The van der Waals surface area contributed by atoms with Crippen LogP contribution in [-0.2, 0) is 13.0 Å².